The van der Waals surface area contributed by atoms with Crippen LogP contribution in [0, 0.1) is 0 Å². The molecule has 8 heteroatoms. The summed E-state index contributed by atoms with van der Waals surface area (Å²) in [6, 6.07) is 8.76. The Morgan fingerprint density at radius 2 is 1.81 bits per heavy atom. The van der Waals surface area contributed by atoms with Gasteiger partial charge in [-0.3, -0.25) is 9.58 Å². The molecule has 2 aromatic rings. The van der Waals surface area contributed by atoms with Gasteiger partial charge in [0.2, 0.25) is 0 Å². The van der Waals surface area contributed by atoms with E-state index in [1.807, 2.05) is 20.2 Å². The Kier molecular flexibility index (Phi) is 10.2. The molecule has 0 radical (unpaired) electrons. The molecule has 1 fully saturated rings. The largest absolute Gasteiger partial charge is 0.383 e. The fraction of sp³-hybridized carbons (Fsp3) is 0.565. The standard InChI is InChI=1S/C23H36N6O.HI/c1-4-24-22(26-18-23(2,30)21-15-27-28(3)17-21)25-14-19-8-10-20(11-9-19)16-29-12-6-5-7-13-29;/h8-11,15,17,30H,4-7,12-14,16,18H2,1-3H3,(H2,24,25,26);1H. The normalized spacial score (nSPS) is 17.0. The number of hydrogen-bond donors (Lipinski definition) is 3. The second kappa shape index (κ2) is 12.4. The Bertz CT molecular complexity index is 812. The number of nitrogens with one attached hydrogen (secondary N) is 2. The van der Waals surface area contributed by atoms with Crippen LogP contribution in [-0.4, -0.2) is 51.9 Å². The molecule has 0 saturated carbocycles. The second-order valence-corrected chi connectivity index (χ2v) is 8.38. The van der Waals surface area contributed by atoms with E-state index < -0.39 is 5.60 Å². The first kappa shape index (κ1) is 25.6. The highest BCUT2D eigenvalue weighted by Crippen LogP contribution is 2.18. The zero-order valence-corrected chi connectivity index (χ0v) is 21.3. The average molecular weight is 540 g/mol. The fourth-order valence-corrected chi connectivity index (χ4v) is 3.70. The molecule has 0 aliphatic carbocycles. The van der Waals surface area contributed by atoms with E-state index in [9.17, 15) is 5.11 Å². The van der Waals surface area contributed by atoms with Gasteiger partial charge in [0, 0.05) is 31.9 Å². The quantitative estimate of drug-likeness (QED) is 0.273. The third kappa shape index (κ3) is 8.08. The van der Waals surface area contributed by atoms with Crippen LogP contribution in [0.15, 0.2) is 41.7 Å². The Morgan fingerprint density at radius 3 is 2.42 bits per heavy atom. The minimum atomic E-state index is -1.03. The van der Waals surface area contributed by atoms with Crippen molar-refractivity contribution in [1.29, 1.82) is 0 Å². The van der Waals surface area contributed by atoms with Gasteiger partial charge in [-0.1, -0.05) is 30.7 Å². The summed E-state index contributed by atoms with van der Waals surface area (Å²) in [5, 5.41) is 21.4. The molecular formula is C23H37IN6O. The van der Waals surface area contributed by atoms with E-state index >= 15 is 0 Å². The van der Waals surface area contributed by atoms with E-state index in [-0.39, 0.29) is 24.0 Å². The molecule has 3 rings (SSSR count). The van der Waals surface area contributed by atoms with Crippen molar-refractivity contribution in [1.82, 2.24) is 25.3 Å². The SMILES string of the molecule is CCNC(=NCc1ccc(CN2CCCCC2)cc1)NCC(C)(O)c1cnn(C)c1.I. The average Bonchev–Trinajstić information content (AvgIpc) is 3.19. The highest BCUT2D eigenvalue weighted by atomic mass is 127. The first-order valence-electron chi connectivity index (χ1n) is 11.0. The molecular weight excluding hydrogens is 503 g/mol. The molecule has 1 unspecified atom stereocenters. The Balaban J connectivity index is 0.00000341. The number of piperidine rings is 1. The number of benzene rings is 1. The summed E-state index contributed by atoms with van der Waals surface area (Å²) in [4.78, 5) is 7.22. The van der Waals surface area contributed by atoms with Crippen LogP contribution in [0.5, 0.6) is 0 Å². The number of nitrogens with zero attached hydrogens (tertiary/aromatic N) is 4. The van der Waals surface area contributed by atoms with Crippen LogP contribution in [0.25, 0.3) is 0 Å². The maximum Gasteiger partial charge on any atom is 0.191 e. The molecule has 1 atom stereocenters. The van der Waals surface area contributed by atoms with Gasteiger partial charge in [-0.05, 0) is 50.9 Å². The van der Waals surface area contributed by atoms with Crippen LogP contribution >= 0.6 is 24.0 Å². The number of aliphatic imine (C=N–C) groups is 1. The van der Waals surface area contributed by atoms with E-state index in [0.717, 1.165) is 18.7 Å². The predicted octanol–water partition coefficient (Wildman–Crippen LogP) is 2.99. The molecule has 1 saturated heterocycles. The summed E-state index contributed by atoms with van der Waals surface area (Å²) in [5.74, 6) is 0.694. The van der Waals surface area contributed by atoms with Crippen molar-refractivity contribution in [2.24, 2.45) is 12.0 Å². The van der Waals surface area contributed by atoms with Crippen LogP contribution in [0.4, 0.5) is 0 Å². The summed E-state index contributed by atoms with van der Waals surface area (Å²) in [5.41, 5.74) is 2.29. The minimum Gasteiger partial charge on any atom is -0.383 e. The van der Waals surface area contributed by atoms with Gasteiger partial charge in [-0.15, -0.1) is 24.0 Å². The lowest BCUT2D eigenvalue weighted by molar-refractivity contribution is 0.0616. The minimum absolute atomic E-state index is 0. The van der Waals surface area contributed by atoms with Crippen LogP contribution < -0.4 is 10.6 Å². The number of rotatable bonds is 8. The van der Waals surface area contributed by atoms with Gasteiger partial charge in [0.15, 0.2) is 5.96 Å². The smallest absolute Gasteiger partial charge is 0.191 e. The van der Waals surface area contributed by atoms with Gasteiger partial charge in [0.1, 0.15) is 5.60 Å². The van der Waals surface area contributed by atoms with Crippen molar-refractivity contribution >= 4 is 29.9 Å². The highest BCUT2D eigenvalue weighted by molar-refractivity contribution is 14.0. The molecule has 7 nitrogen and oxygen atoms in total. The van der Waals surface area contributed by atoms with Gasteiger partial charge in [-0.25, -0.2) is 4.99 Å². The van der Waals surface area contributed by atoms with Crippen molar-refractivity contribution in [2.45, 2.75) is 51.8 Å². The topological polar surface area (TPSA) is 77.7 Å². The molecule has 31 heavy (non-hydrogen) atoms. The molecule has 1 aromatic heterocycles. The molecule has 1 aliphatic rings. The van der Waals surface area contributed by atoms with Crippen molar-refractivity contribution in [3.8, 4) is 0 Å². The number of aryl methyl sites for hydroxylation is 1. The maximum atomic E-state index is 10.8. The van der Waals surface area contributed by atoms with Gasteiger partial charge in [-0.2, -0.15) is 5.10 Å². The van der Waals surface area contributed by atoms with Gasteiger partial charge in [0.25, 0.3) is 0 Å². The predicted molar refractivity (Wildman–Crippen MR) is 137 cm³/mol. The van der Waals surface area contributed by atoms with E-state index in [1.54, 1.807) is 17.8 Å². The van der Waals surface area contributed by atoms with Crippen molar-refractivity contribution in [3.63, 3.8) is 0 Å². The van der Waals surface area contributed by atoms with Crippen LogP contribution in [0.1, 0.15) is 49.8 Å². The lowest BCUT2D eigenvalue weighted by Crippen LogP contribution is -2.44. The summed E-state index contributed by atoms with van der Waals surface area (Å²) in [7, 11) is 1.84. The number of likely N-dealkylation sites (tertiary alicyclic amines) is 1. The maximum absolute atomic E-state index is 10.8. The Hall–Kier alpha value is -1.65. The molecule has 2 heterocycles. The second-order valence-electron chi connectivity index (χ2n) is 8.38. The number of halogens is 1. The third-order valence-corrected chi connectivity index (χ3v) is 5.57. The fourth-order valence-electron chi connectivity index (χ4n) is 3.70. The molecule has 0 spiro atoms. The first-order chi connectivity index (χ1) is 14.5. The number of hydrogen-bond acceptors (Lipinski definition) is 4. The molecule has 3 N–H and O–H groups in total. The molecule has 0 amide bonds. The lowest BCUT2D eigenvalue weighted by atomic mass is 10.00. The van der Waals surface area contributed by atoms with Crippen molar-refractivity contribution in [3.05, 3.63) is 53.3 Å². The number of guanidine groups is 1. The van der Waals surface area contributed by atoms with E-state index in [4.69, 9.17) is 0 Å². The van der Waals surface area contributed by atoms with Gasteiger partial charge < -0.3 is 15.7 Å². The first-order valence-corrected chi connectivity index (χ1v) is 11.0. The summed E-state index contributed by atoms with van der Waals surface area (Å²) >= 11 is 0. The zero-order chi connectivity index (χ0) is 21.4. The van der Waals surface area contributed by atoms with E-state index in [1.165, 1.54) is 43.5 Å². The highest BCUT2D eigenvalue weighted by Gasteiger charge is 2.25. The van der Waals surface area contributed by atoms with Gasteiger partial charge in [0.05, 0.1) is 19.3 Å². The summed E-state index contributed by atoms with van der Waals surface area (Å²) in [6.45, 7) is 8.98. The van der Waals surface area contributed by atoms with E-state index in [0.29, 0.717) is 19.0 Å². The number of aliphatic hydroxyl groups is 1. The summed E-state index contributed by atoms with van der Waals surface area (Å²) in [6.07, 6.45) is 7.53. The zero-order valence-electron chi connectivity index (χ0n) is 19.0. The monoisotopic (exact) mass is 540 g/mol. The molecule has 0 bridgehead atoms. The Labute approximate surface area is 203 Å². The van der Waals surface area contributed by atoms with Crippen LogP contribution in [0.2, 0.25) is 0 Å². The molecule has 1 aromatic carbocycles. The van der Waals surface area contributed by atoms with Crippen molar-refractivity contribution in [2.75, 3.05) is 26.2 Å². The van der Waals surface area contributed by atoms with Crippen molar-refractivity contribution < 1.29 is 5.11 Å². The van der Waals surface area contributed by atoms with Crippen LogP contribution in [0.3, 0.4) is 0 Å². The summed E-state index contributed by atoms with van der Waals surface area (Å²) < 4.78 is 1.69. The Morgan fingerprint density at radius 1 is 1.13 bits per heavy atom. The van der Waals surface area contributed by atoms with E-state index in [2.05, 4.69) is 49.9 Å². The lowest BCUT2D eigenvalue weighted by Gasteiger charge is -2.26. The van der Waals surface area contributed by atoms with Crippen LogP contribution in [-0.2, 0) is 25.7 Å². The molecule has 1 aliphatic heterocycles. The van der Waals surface area contributed by atoms with Gasteiger partial charge >= 0.3 is 0 Å². The molecule has 172 valence electrons. The number of aromatic nitrogens is 2. The third-order valence-electron chi connectivity index (χ3n) is 5.57.